The van der Waals surface area contributed by atoms with E-state index in [0.717, 1.165) is 33.9 Å². The second-order valence-corrected chi connectivity index (χ2v) is 5.95. The van der Waals surface area contributed by atoms with Crippen LogP contribution < -0.4 is 5.73 Å². The second kappa shape index (κ2) is 6.16. The van der Waals surface area contributed by atoms with Gasteiger partial charge in [-0.25, -0.2) is 4.98 Å². The molecule has 0 amide bonds. The Bertz CT molecular complexity index is 722. The summed E-state index contributed by atoms with van der Waals surface area (Å²) in [7, 11) is 0. The number of thiazole rings is 1. The predicted octanol–water partition coefficient (Wildman–Crippen LogP) is 3.76. The third-order valence-corrected chi connectivity index (χ3v) is 4.29. The molecular formula is C17H17N3S. The highest BCUT2D eigenvalue weighted by Gasteiger charge is 2.13. The van der Waals surface area contributed by atoms with Gasteiger partial charge in [0, 0.05) is 23.6 Å². The van der Waals surface area contributed by atoms with E-state index < -0.39 is 0 Å². The highest BCUT2D eigenvalue weighted by Crippen LogP contribution is 2.24. The molecule has 21 heavy (non-hydrogen) atoms. The maximum Gasteiger partial charge on any atom is 0.0952 e. The van der Waals surface area contributed by atoms with Crippen LogP contribution in [0.2, 0.25) is 0 Å². The zero-order chi connectivity index (χ0) is 14.7. The lowest BCUT2D eigenvalue weighted by Crippen LogP contribution is -2.16. The Morgan fingerprint density at radius 1 is 1.14 bits per heavy atom. The molecule has 1 atom stereocenters. The van der Waals surface area contributed by atoms with E-state index in [2.05, 4.69) is 27.5 Å². The summed E-state index contributed by atoms with van der Waals surface area (Å²) in [4.78, 5) is 9.08. The van der Waals surface area contributed by atoms with E-state index in [1.807, 2.05) is 37.3 Å². The largest absolute Gasteiger partial charge is 0.322 e. The van der Waals surface area contributed by atoms with E-state index in [1.54, 1.807) is 17.5 Å². The highest BCUT2D eigenvalue weighted by molar-refractivity contribution is 7.09. The smallest absolute Gasteiger partial charge is 0.0952 e. The van der Waals surface area contributed by atoms with E-state index >= 15 is 0 Å². The first-order chi connectivity index (χ1) is 10.2. The van der Waals surface area contributed by atoms with E-state index in [1.165, 1.54) is 0 Å². The minimum atomic E-state index is -0.110. The Hall–Kier alpha value is -2.04. The molecule has 106 valence electrons. The van der Waals surface area contributed by atoms with Gasteiger partial charge >= 0.3 is 0 Å². The Morgan fingerprint density at radius 3 is 2.71 bits per heavy atom. The number of nitrogens with two attached hydrogens (primary N) is 1. The van der Waals surface area contributed by atoms with Crippen molar-refractivity contribution in [2.75, 3.05) is 0 Å². The molecular weight excluding hydrogens is 278 g/mol. The lowest BCUT2D eigenvalue weighted by molar-refractivity contribution is 0.687. The van der Waals surface area contributed by atoms with Crippen molar-refractivity contribution in [3.8, 4) is 11.3 Å². The van der Waals surface area contributed by atoms with Gasteiger partial charge < -0.3 is 5.73 Å². The maximum atomic E-state index is 6.28. The van der Waals surface area contributed by atoms with Crippen LogP contribution >= 0.6 is 11.3 Å². The van der Waals surface area contributed by atoms with Gasteiger partial charge in [-0.05, 0) is 18.6 Å². The predicted molar refractivity (Wildman–Crippen MR) is 87.2 cm³/mol. The van der Waals surface area contributed by atoms with Gasteiger partial charge in [0.25, 0.3) is 0 Å². The summed E-state index contributed by atoms with van der Waals surface area (Å²) in [6, 6.07) is 14.1. The van der Waals surface area contributed by atoms with Crippen LogP contribution in [0.25, 0.3) is 11.3 Å². The summed E-state index contributed by atoms with van der Waals surface area (Å²) in [5.74, 6) is 0. The molecule has 0 aliphatic rings. The first kappa shape index (κ1) is 13.9. The number of hydrogen-bond donors (Lipinski definition) is 1. The van der Waals surface area contributed by atoms with Gasteiger partial charge in [0.1, 0.15) is 0 Å². The molecule has 0 bridgehead atoms. The molecule has 3 nitrogen and oxygen atoms in total. The number of aryl methyl sites for hydroxylation is 1. The lowest BCUT2D eigenvalue weighted by Gasteiger charge is -2.11. The van der Waals surface area contributed by atoms with Crippen LogP contribution in [0.15, 0.2) is 54.0 Å². The van der Waals surface area contributed by atoms with Crippen LogP contribution in [0.5, 0.6) is 0 Å². The molecule has 2 aromatic heterocycles. The van der Waals surface area contributed by atoms with Crippen molar-refractivity contribution < 1.29 is 0 Å². The van der Waals surface area contributed by atoms with Gasteiger partial charge in [-0.1, -0.05) is 36.4 Å². The number of nitrogens with zero attached hydrogens (tertiary/aromatic N) is 2. The van der Waals surface area contributed by atoms with Crippen LogP contribution in [0.1, 0.15) is 22.3 Å². The van der Waals surface area contributed by atoms with Gasteiger partial charge in [0.15, 0.2) is 0 Å². The fourth-order valence-electron chi connectivity index (χ4n) is 2.32. The van der Waals surface area contributed by atoms with Crippen molar-refractivity contribution in [3.63, 3.8) is 0 Å². The van der Waals surface area contributed by atoms with Crippen LogP contribution in [-0.2, 0) is 6.42 Å². The average molecular weight is 295 g/mol. The molecule has 0 aliphatic carbocycles. The molecule has 0 radical (unpaired) electrons. The van der Waals surface area contributed by atoms with Crippen molar-refractivity contribution in [2.24, 2.45) is 5.73 Å². The number of pyridine rings is 1. The minimum absolute atomic E-state index is 0.110. The van der Waals surface area contributed by atoms with Gasteiger partial charge in [-0.2, -0.15) is 0 Å². The SMILES string of the molecule is Cc1cccnc1C(N)Cc1nc(-c2ccccc2)cs1. The Labute approximate surface area is 128 Å². The van der Waals surface area contributed by atoms with Gasteiger partial charge in [0.2, 0.25) is 0 Å². The fourth-order valence-corrected chi connectivity index (χ4v) is 3.18. The second-order valence-electron chi connectivity index (χ2n) is 5.01. The van der Waals surface area contributed by atoms with Crippen LogP contribution in [0, 0.1) is 6.92 Å². The topological polar surface area (TPSA) is 51.8 Å². The molecule has 1 unspecified atom stereocenters. The molecule has 0 fully saturated rings. The molecule has 2 N–H and O–H groups in total. The summed E-state index contributed by atoms with van der Waals surface area (Å²) in [5.41, 5.74) is 10.5. The van der Waals surface area contributed by atoms with E-state index in [9.17, 15) is 0 Å². The van der Waals surface area contributed by atoms with Crippen molar-refractivity contribution in [3.05, 3.63) is 70.3 Å². The number of aromatic nitrogens is 2. The Balaban J connectivity index is 1.77. The molecule has 3 rings (SSSR count). The maximum absolute atomic E-state index is 6.28. The Kier molecular flexibility index (Phi) is 4.08. The molecule has 1 aromatic carbocycles. The number of hydrogen-bond acceptors (Lipinski definition) is 4. The van der Waals surface area contributed by atoms with Gasteiger partial charge in [-0.3, -0.25) is 4.98 Å². The summed E-state index contributed by atoms with van der Waals surface area (Å²) in [5, 5.41) is 3.13. The van der Waals surface area contributed by atoms with Crippen LogP contribution in [0.4, 0.5) is 0 Å². The lowest BCUT2D eigenvalue weighted by atomic mass is 10.1. The average Bonchev–Trinajstić information content (AvgIpc) is 2.97. The summed E-state index contributed by atoms with van der Waals surface area (Å²) >= 11 is 1.65. The third kappa shape index (κ3) is 3.17. The molecule has 0 saturated carbocycles. The quantitative estimate of drug-likeness (QED) is 0.797. The molecule has 0 spiro atoms. The van der Waals surface area contributed by atoms with Gasteiger partial charge in [0.05, 0.1) is 22.4 Å². The van der Waals surface area contributed by atoms with Crippen LogP contribution in [0.3, 0.4) is 0 Å². The van der Waals surface area contributed by atoms with Gasteiger partial charge in [-0.15, -0.1) is 11.3 Å². The fraction of sp³-hybridized carbons (Fsp3) is 0.176. The first-order valence-corrected chi connectivity index (χ1v) is 7.79. The zero-order valence-electron chi connectivity index (χ0n) is 11.9. The number of benzene rings is 1. The van der Waals surface area contributed by atoms with Crippen molar-refractivity contribution >= 4 is 11.3 Å². The molecule has 3 aromatic rings. The third-order valence-electron chi connectivity index (χ3n) is 3.42. The summed E-state index contributed by atoms with van der Waals surface area (Å²) < 4.78 is 0. The normalized spacial score (nSPS) is 12.3. The van der Waals surface area contributed by atoms with E-state index in [-0.39, 0.29) is 6.04 Å². The molecule has 0 aliphatic heterocycles. The summed E-state index contributed by atoms with van der Waals surface area (Å²) in [6.45, 7) is 2.04. The standard InChI is InChI=1S/C17H17N3S/c1-12-6-5-9-19-17(12)14(18)10-16-20-15(11-21-16)13-7-3-2-4-8-13/h2-9,11,14H,10,18H2,1H3. The summed E-state index contributed by atoms with van der Waals surface area (Å²) in [6.07, 6.45) is 2.51. The molecule has 0 saturated heterocycles. The van der Waals surface area contributed by atoms with E-state index in [4.69, 9.17) is 5.73 Å². The monoisotopic (exact) mass is 295 g/mol. The molecule has 2 heterocycles. The first-order valence-electron chi connectivity index (χ1n) is 6.91. The van der Waals surface area contributed by atoms with Crippen molar-refractivity contribution in [1.82, 2.24) is 9.97 Å². The zero-order valence-corrected chi connectivity index (χ0v) is 12.7. The highest BCUT2D eigenvalue weighted by atomic mass is 32.1. The Morgan fingerprint density at radius 2 is 1.95 bits per heavy atom. The van der Waals surface area contributed by atoms with E-state index in [0.29, 0.717) is 0 Å². The van der Waals surface area contributed by atoms with Crippen molar-refractivity contribution in [2.45, 2.75) is 19.4 Å². The molecule has 4 heteroatoms. The minimum Gasteiger partial charge on any atom is -0.322 e. The van der Waals surface area contributed by atoms with Crippen LogP contribution in [-0.4, -0.2) is 9.97 Å². The van der Waals surface area contributed by atoms with Crippen molar-refractivity contribution in [1.29, 1.82) is 0 Å². The number of rotatable bonds is 4.